The monoisotopic (exact) mass is 392 g/mol. The summed E-state index contributed by atoms with van der Waals surface area (Å²) in [6, 6.07) is 18.3. The van der Waals surface area contributed by atoms with Crippen molar-refractivity contribution in [3.8, 4) is 11.4 Å². The zero-order valence-electron chi connectivity index (χ0n) is 16.1. The fourth-order valence-electron chi connectivity index (χ4n) is 3.89. The van der Waals surface area contributed by atoms with E-state index < -0.39 is 0 Å². The second-order valence-electron chi connectivity index (χ2n) is 6.79. The van der Waals surface area contributed by atoms with E-state index in [0.29, 0.717) is 0 Å². The Balaban J connectivity index is 1.83. The first-order chi connectivity index (χ1) is 13.7. The molecule has 0 aliphatic carbocycles. The molecular weight excluding hydrogens is 368 g/mol. The highest BCUT2D eigenvalue weighted by Crippen LogP contribution is 2.40. The summed E-state index contributed by atoms with van der Waals surface area (Å²) >= 11 is 5.70. The molecule has 3 heterocycles. The minimum atomic E-state index is -0.0105. The van der Waals surface area contributed by atoms with Crippen LogP contribution in [0.25, 0.3) is 5.69 Å². The molecule has 0 spiro atoms. The molecule has 1 aliphatic rings. The molecule has 0 unspecified atom stereocenters. The van der Waals surface area contributed by atoms with Crippen LogP contribution in [-0.4, -0.2) is 33.2 Å². The van der Waals surface area contributed by atoms with Gasteiger partial charge in [0.15, 0.2) is 5.11 Å². The summed E-state index contributed by atoms with van der Waals surface area (Å²) in [4.78, 5) is 6.88. The number of methoxy groups -OCH3 is 1. The van der Waals surface area contributed by atoms with Gasteiger partial charge in [-0.05, 0) is 55.0 Å². The van der Waals surface area contributed by atoms with E-state index in [-0.39, 0.29) is 12.1 Å². The van der Waals surface area contributed by atoms with Gasteiger partial charge in [-0.2, -0.15) is 0 Å². The van der Waals surface area contributed by atoms with Crippen LogP contribution in [0.1, 0.15) is 36.8 Å². The average molecular weight is 393 g/mol. The van der Waals surface area contributed by atoms with Gasteiger partial charge in [0, 0.05) is 24.6 Å². The van der Waals surface area contributed by atoms with Crippen LogP contribution in [0.3, 0.4) is 0 Å². The number of hydrogen-bond donors (Lipinski definition) is 1. The molecule has 144 valence electrons. The van der Waals surface area contributed by atoms with E-state index in [9.17, 15) is 0 Å². The van der Waals surface area contributed by atoms with Gasteiger partial charge < -0.3 is 19.5 Å². The van der Waals surface area contributed by atoms with E-state index in [2.05, 4.69) is 57.2 Å². The Morgan fingerprint density at radius 1 is 1.11 bits per heavy atom. The number of aromatic nitrogens is 2. The van der Waals surface area contributed by atoms with Gasteiger partial charge in [-0.15, -0.1) is 0 Å². The van der Waals surface area contributed by atoms with Crippen LogP contribution in [0.2, 0.25) is 0 Å². The standard InChI is InChI=1S/C22H24N4OS/c1-3-14-26-21(20(24-22(26)28)16-9-6-7-13-23-16)18-11-8-15-25(18)17-10-4-5-12-19(17)27-2/h4-13,15,20-21H,3,14H2,1-2H3,(H,24,28)/t20-,21-/m1/s1. The SMILES string of the molecule is CCCN1C(=S)N[C@H](c2ccccn2)[C@H]1c1cccn1-c1ccccc1OC. The smallest absolute Gasteiger partial charge is 0.170 e. The van der Waals surface area contributed by atoms with Crippen LogP contribution in [0, 0.1) is 0 Å². The first-order valence-electron chi connectivity index (χ1n) is 9.53. The number of thiocarbonyl (C=S) groups is 1. The van der Waals surface area contributed by atoms with Crippen molar-refractivity contribution in [2.24, 2.45) is 0 Å². The molecule has 6 heteroatoms. The molecule has 0 amide bonds. The number of hydrogen-bond acceptors (Lipinski definition) is 3. The number of nitrogens with zero attached hydrogens (tertiary/aromatic N) is 3. The van der Waals surface area contributed by atoms with Gasteiger partial charge in [-0.1, -0.05) is 25.1 Å². The summed E-state index contributed by atoms with van der Waals surface area (Å²) in [6.07, 6.45) is 4.93. The minimum absolute atomic E-state index is 0.0105. The second-order valence-corrected chi connectivity index (χ2v) is 7.18. The summed E-state index contributed by atoms with van der Waals surface area (Å²) in [5.41, 5.74) is 3.15. The minimum Gasteiger partial charge on any atom is -0.495 e. The maximum atomic E-state index is 5.70. The lowest BCUT2D eigenvalue weighted by Crippen LogP contribution is -2.31. The van der Waals surface area contributed by atoms with Crippen molar-refractivity contribution in [1.82, 2.24) is 19.8 Å². The summed E-state index contributed by atoms with van der Waals surface area (Å²) in [5, 5.41) is 4.27. The third-order valence-electron chi connectivity index (χ3n) is 5.09. The van der Waals surface area contributed by atoms with Crippen LogP contribution >= 0.6 is 12.2 Å². The zero-order valence-corrected chi connectivity index (χ0v) is 16.9. The molecule has 1 aromatic carbocycles. The van der Waals surface area contributed by atoms with Crippen molar-refractivity contribution in [1.29, 1.82) is 0 Å². The normalized spacial score (nSPS) is 18.9. The molecule has 0 bridgehead atoms. The van der Waals surface area contributed by atoms with Crippen molar-refractivity contribution >= 4 is 17.3 Å². The number of ether oxygens (including phenoxy) is 1. The summed E-state index contributed by atoms with van der Waals surface area (Å²) < 4.78 is 7.80. The Morgan fingerprint density at radius 2 is 1.93 bits per heavy atom. The van der Waals surface area contributed by atoms with Gasteiger partial charge in [-0.25, -0.2) is 0 Å². The van der Waals surface area contributed by atoms with Gasteiger partial charge in [-0.3, -0.25) is 4.98 Å². The molecule has 1 fully saturated rings. The molecule has 1 N–H and O–H groups in total. The van der Waals surface area contributed by atoms with E-state index in [0.717, 1.165) is 40.9 Å². The number of para-hydroxylation sites is 2. The van der Waals surface area contributed by atoms with E-state index in [1.807, 2.05) is 36.5 Å². The predicted molar refractivity (Wildman–Crippen MR) is 115 cm³/mol. The van der Waals surface area contributed by atoms with Crippen LogP contribution in [0.4, 0.5) is 0 Å². The fraction of sp³-hybridized carbons (Fsp3) is 0.273. The average Bonchev–Trinajstić information content (AvgIpc) is 3.33. The Bertz CT molecular complexity index is 956. The van der Waals surface area contributed by atoms with Crippen molar-refractivity contribution in [3.05, 3.63) is 78.4 Å². The third-order valence-corrected chi connectivity index (χ3v) is 5.44. The Kier molecular flexibility index (Phi) is 5.30. The highest BCUT2D eigenvalue weighted by atomic mass is 32.1. The lowest BCUT2D eigenvalue weighted by Gasteiger charge is -2.29. The molecule has 0 radical (unpaired) electrons. The molecule has 0 saturated carbocycles. The zero-order chi connectivity index (χ0) is 19.5. The van der Waals surface area contributed by atoms with Crippen LogP contribution < -0.4 is 10.1 Å². The van der Waals surface area contributed by atoms with Crippen LogP contribution in [0.5, 0.6) is 5.75 Å². The van der Waals surface area contributed by atoms with Crippen molar-refractivity contribution in [3.63, 3.8) is 0 Å². The first kappa shape index (κ1) is 18.5. The second kappa shape index (κ2) is 8.02. The molecule has 3 aromatic rings. The van der Waals surface area contributed by atoms with Gasteiger partial charge in [0.2, 0.25) is 0 Å². The van der Waals surface area contributed by atoms with Gasteiger partial charge in [0.1, 0.15) is 5.75 Å². The number of nitrogens with one attached hydrogen (secondary N) is 1. The maximum Gasteiger partial charge on any atom is 0.170 e. The highest BCUT2D eigenvalue weighted by molar-refractivity contribution is 7.80. The lowest BCUT2D eigenvalue weighted by atomic mass is 10.0. The molecule has 5 nitrogen and oxygen atoms in total. The van der Waals surface area contributed by atoms with Crippen molar-refractivity contribution in [2.75, 3.05) is 13.7 Å². The van der Waals surface area contributed by atoms with E-state index >= 15 is 0 Å². The lowest BCUT2D eigenvalue weighted by molar-refractivity contribution is 0.308. The number of rotatable bonds is 6. The molecule has 2 atom stereocenters. The molecule has 1 aliphatic heterocycles. The number of benzene rings is 1. The molecule has 1 saturated heterocycles. The first-order valence-corrected chi connectivity index (χ1v) is 9.94. The van der Waals surface area contributed by atoms with Crippen LogP contribution in [-0.2, 0) is 0 Å². The van der Waals surface area contributed by atoms with E-state index in [4.69, 9.17) is 17.0 Å². The van der Waals surface area contributed by atoms with Gasteiger partial charge >= 0.3 is 0 Å². The van der Waals surface area contributed by atoms with Gasteiger partial charge in [0.05, 0.1) is 30.6 Å². The Morgan fingerprint density at radius 3 is 2.68 bits per heavy atom. The van der Waals surface area contributed by atoms with E-state index in [1.165, 1.54) is 0 Å². The predicted octanol–water partition coefficient (Wildman–Crippen LogP) is 4.26. The summed E-state index contributed by atoms with van der Waals surface area (Å²) in [5.74, 6) is 0.838. The Labute approximate surface area is 171 Å². The van der Waals surface area contributed by atoms with Crippen molar-refractivity contribution < 1.29 is 4.74 Å². The molecule has 28 heavy (non-hydrogen) atoms. The largest absolute Gasteiger partial charge is 0.495 e. The van der Waals surface area contributed by atoms with Gasteiger partial charge in [0.25, 0.3) is 0 Å². The summed E-state index contributed by atoms with van der Waals surface area (Å²) in [7, 11) is 1.70. The topological polar surface area (TPSA) is 42.3 Å². The van der Waals surface area contributed by atoms with Crippen molar-refractivity contribution in [2.45, 2.75) is 25.4 Å². The Hall–Kier alpha value is -2.86. The number of pyridine rings is 1. The van der Waals surface area contributed by atoms with Crippen LogP contribution in [0.15, 0.2) is 67.0 Å². The third kappa shape index (κ3) is 3.24. The molecule has 2 aromatic heterocycles. The highest BCUT2D eigenvalue weighted by Gasteiger charge is 2.40. The summed E-state index contributed by atoms with van der Waals surface area (Å²) in [6.45, 7) is 3.06. The molecular formula is C22H24N4OS. The maximum absolute atomic E-state index is 5.70. The quantitative estimate of drug-likeness (QED) is 0.635. The molecule has 4 rings (SSSR count). The van der Waals surface area contributed by atoms with E-state index in [1.54, 1.807) is 7.11 Å². The fourth-order valence-corrected chi connectivity index (χ4v) is 4.22.